The molecule has 3 aromatic rings. The number of amides is 1. The molecule has 154 valence electrons. The molecular formula is C23H21NO6. The summed E-state index contributed by atoms with van der Waals surface area (Å²) in [5.74, 6) is -1.45. The minimum atomic E-state index is -1.14. The number of carbonyl (C=O) groups excluding carboxylic acids is 2. The molecule has 0 aliphatic carbocycles. The Labute approximate surface area is 172 Å². The zero-order chi connectivity index (χ0) is 21.1. The van der Waals surface area contributed by atoms with Gasteiger partial charge in [-0.25, -0.2) is 4.79 Å². The molecule has 7 nitrogen and oxygen atoms in total. The van der Waals surface area contributed by atoms with Crippen LogP contribution in [0.25, 0.3) is 11.0 Å². The molecule has 1 amide bonds. The van der Waals surface area contributed by atoms with Gasteiger partial charge in [0, 0.05) is 24.7 Å². The number of benzene rings is 2. The maximum atomic E-state index is 13.1. The second-order valence-electron chi connectivity index (χ2n) is 7.11. The number of carbonyl (C=O) groups is 2. The SMILES string of the molecule is Cc1ccc2oc(C(=O)O[C@@H](C(=O)N3CCOCC3)c3ccccc3)cc(=O)c2c1. The monoisotopic (exact) mass is 407 g/mol. The van der Waals surface area contributed by atoms with Gasteiger partial charge in [0.15, 0.2) is 5.43 Å². The molecule has 4 rings (SSSR count). The second kappa shape index (κ2) is 8.51. The summed E-state index contributed by atoms with van der Waals surface area (Å²) in [6.07, 6.45) is -1.14. The molecule has 30 heavy (non-hydrogen) atoms. The van der Waals surface area contributed by atoms with E-state index in [2.05, 4.69) is 0 Å². The summed E-state index contributed by atoms with van der Waals surface area (Å²) in [6, 6.07) is 15.0. The van der Waals surface area contributed by atoms with Crippen molar-refractivity contribution in [2.45, 2.75) is 13.0 Å². The van der Waals surface area contributed by atoms with Crippen molar-refractivity contribution in [3.8, 4) is 0 Å². The van der Waals surface area contributed by atoms with Crippen molar-refractivity contribution in [1.82, 2.24) is 4.90 Å². The number of morpholine rings is 1. The van der Waals surface area contributed by atoms with Gasteiger partial charge in [0.2, 0.25) is 11.9 Å². The fourth-order valence-electron chi connectivity index (χ4n) is 3.37. The van der Waals surface area contributed by atoms with Crippen LogP contribution in [-0.2, 0) is 14.3 Å². The van der Waals surface area contributed by atoms with Crippen LogP contribution in [0.15, 0.2) is 63.8 Å². The normalized spacial score (nSPS) is 15.0. The van der Waals surface area contributed by atoms with Gasteiger partial charge in [0.05, 0.1) is 18.6 Å². The number of fused-ring (bicyclic) bond motifs is 1. The van der Waals surface area contributed by atoms with Crippen LogP contribution < -0.4 is 5.43 Å². The Hall–Kier alpha value is -3.45. The summed E-state index contributed by atoms with van der Waals surface area (Å²) in [4.78, 5) is 40.0. The Morgan fingerprint density at radius 2 is 1.77 bits per heavy atom. The third-order valence-corrected chi connectivity index (χ3v) is 4.96. The Kier molecular flexibility index (Phi) is 5.63. The zero-order valence-electron chi connectivity index (χ0n) is 16.5. The van der Waals surface area contributed by atoms with E-state index >= 15 is 0 Å². The van der Waals surface area contributed by atoms with Crippen LogP contribution in [0.3, 0.4) is 0 Å². The first-order valence-corrected chi connectivity index (χ1v) is 9.70. The van der Waals surface area contributed by atoms with E-state index in [-0.39, 0.29) is 22.7 Å². The fraction of sp³-hybridized carbons (Fsp3) is 0.261. The predicted octanol–water partition coefficient (Wildman–Crippen LogP) is 2.86. The molecule has 0 radical (unpaired) electrons. The van der Waals surface area contributed by atoms with Gasteiger partial charge >= 0.3 is 5.97 Å². The largest absolute Gasteiger partial charge is 0.449 e. The molecular weight excluding hydrogens is 386 g/mol. The van der Waals surface area contributed by atoms with E-state index in [1.54, 1.807) is 47.4 Å². The van der Waals surface area contributed by atoms with Gasteiger partial charge in [0.1, 0.15) is 5.58 Å². The van der Waals surface area contributed by atoms with Crippen LogP contribution in [0.4, 0.5) is 0 Å². The summed E-state index contributed by atoms with van der Waals surface area (Å²) in [7, 11) is 0. The molecule has 2 heterocycles. The smallest absolute Gasteiger partial charge is 0.375 e. The minimum absolute atomic E-state index is 0.243. The summed E-state index contributed by atoms with van der Waals surface area (Å²) < 4.78 is 16.5. The molecule has 1 atom stereocenters. The lowest BCUT2D eigenvalue weighted by Crippen LogP contribution is -2.44. The van der Waals surface area contributed by atoms with Gasteiger partial charge in [0.25, 0.3) is 5.91 Å². The van der Waals surface area contributed by atoms with Crippen molar-refractivity contribution in [2.24, 2.45) is 0 Å². The van der Waals surface area contributed by atoms with Gasteiger partial charge in [-0.1, -0.05) is 42.0 Å². The standard InChI is InChI=1S/C23H21NO6/c1-15-7-8-19-17(13-15)18(25)14-20(29-19)23(27)30-21(16-5-3-2-4-6-16)22(26)24-9-11-28-12-10-24/h2-8,13-14,21H,9-12H2,1H3/t21-/m1/s1. The number of hydrogen-bond donors (Lipinski definition) is 0. The lowest BCUT2D eigenvalue weighted by atomic mass is 10.1. The van der Waals surface area contributed by atoms with E-state index in [1.165, 1.54) is 0 Å². The molecule has 0 saturated carbocycles. The molecule has 0 spiro atoms. The van der Waals surface area contributed by atoms with Crippen LogP contribution >= 0.6 is 0 Å². The van der Waals surface area contributed by atoms with Crippen LogP contribution in [-0.4, -0.2) is 43.1 Å². The summed E-state index contributed by atoms with van der Waals surface area (Å²) in [5.41, 5.74) is 1.39. The Morgan fingerprint density at radius 1 is 1.03 bits per heavy atom. The maximum Gasteiger partial charge on any atom is 0.375 e. The van der Waals surface area contributed by atoms with E-state index < -0.39 is 12.1 Å². The number of ether oxygens (including phenoxy) is 2. The van der Waals surface area contributed by atoms with Crippen molar-refractivity contribution in [1.29, 1.82) is 0 Å². The number of hydrogen-bond acceptors (Lipinski definition) is 6. The van der Waals surface area contributed by atoms with Crippen molar-refractivity contribution in [3.05, 3.63) is 81.7 Å². The average molecular weight is 407 g/mol. The number of rotatable bonds is 4. The average Bonchev–Trinajstić information content (AvgIpc) is 2.78. The first-order valence-electron chi connectivity index (χ1n) is 9.70. The molecule has 1 aliphatic rings. The zero-order valence-corrected chi connectivity index (χ0v) is 16.5. The third kappa shape index (κ3) is 4.11. The topological polar surface area (TPSA) is 86.1 Å². The van der Waals surface area contributed by atoms with E-state index in [9.17, 15) is 14.4 Å². The van der Waals surface area contributed by atoms with Crippen molar-refractivity contribution < 1.29 is 23.5 Å². The predicted molar refractivity (Wildman–Crippen MR) is 109 cm³/mol. The maximum absolute atomic E-state index is 13.1. The van der Waals surface area contributed by atoms with E-state index in [0.717, 1.165) is 11.6 Å². The molecule has 7 heteroatoms. The number of aryl methyl sites for hydroxylation is 1. The molecule has 0 unspecified atom stereocenters. The number of nitrogens with zero attached hydrogens (tertiary/aromatic N) is 1. The molecule has 2 aromatic carbocycles. The van der Waals surface area contributed by atoms with E-state index in [1.807, 2.05) is 13.0 Å². The number of esters is 1. The van der Waals surface area contributed by atoms with Gasteiger partial charge in [-0.3, -0.25) is 9.59 Å². The van der Waals surface area contributed by atoms with Crippen molar-refractivity contribution >= 4 is 22.8 Å². The van der Waals surface area contributed by atoms with Gasteiger partial charge in [-0.2, -0.15) is 0 Å². The lowest BCUT2D eigenvalue weighted by molar-refractivity contribution is -0.145. The highest BCUT2D eigenvalue weighted by atomic mass is 16.6. The molecule has 1 aromatic heterocycles. The highest BCUT2D eigenvalue weighted by Gasteiger charge is 2.31. The van der Waals surface area contributed by atoms with Gasteiger partial charge in [-0.05, 0) is 19.1 Å². The van der Waals surface area contributed by atoms with E-state index in [4.69, 9.17) is 13.9 Å². The first kappa shape index (κ1) is 19.8. The molecule has 1 saturated heterocycles. The van der Waals surface area contributed by atoms with Gasteiger partial charge in [-0.15, -0.1) is 0 Å². The quantitative estimate of drug-likeness (QED) is 0.618. The third-order valence-electron chi connectivity index (χ3n) is 4.96. The fourth-order valence-corrected chi connectivity index (χ4v) is 3.37. The second-order valence-corrected chi connectivity index (χ2v) is 7.11. The molecule has 1 fully saturated rings. The Balaban J connectivity index is 1.65. The summed E-state index contributed by atoms with van der Waals surface area (Å²) >= 11 is 0. The highest BCUT2D eigenvalue weighted by Crippen LogP contribution is 2.23. The van der Waals surface area contributed by atoms with Crippen LogP contribution in [0, 0.1) is 6.92 Å². The van der Waals surface area contributed by atoms with Gasteiger partial charge < -0.3 is 18.8 Å². The Bertz CT molecular complexity index is 1130. The highest BCUT2D eigenvalue weighted by molar-refractivity contribution is 5.92. The summed E-state index contributed by atoms with van der Waals surface area (Å²) in [5, 5.41) is 0.385. The van der Waals surface area contributed by atoms with E-state index in [0.29, 0.717) is 37.3 Å². The lowest BCUT2D eigenvalue weighted by Gasteiger charge is -2.30. The van der Waals surface area contributed by atoms with Crippen molar-refractivity contribution in [3.63, 3.8) is 0 Å². The van der Waals surface area contributed by atoms with Crippen LogP contribution in [0.1, 0.15) is 27.8 Å². The first-order chi connectivity index (χ1) is 14.5. The molecule has 0 bridgehead atoms. The van der Waals surface area contributed by atoms with Crippen LogP contribution in [0.5, 0.6) is 0 Å². The summed E-state index contributed by atoms with van der Waals surface area (Å²) in [6.45, 7) is 3.57. The molecule has 1 aliphatic heterocycles. The minimum Gasteiger partial charge on any atom is -0.449 e. The van der Waals surface area contributed by atoms with Crippen molar-refractivity contribution in [2.75, 3.05) is 26.3 Å². The molecule has 0 N–H and O–H groups in total. The van der Waals surface area contributed by atoms with Crippen LogP contribution in [0.2, 0.25) is 0 Å². The Morgan fingerprint density at radius 3 is 2.50 bits per heavy atom.